The van der Waals surface area contributed by atoms with Crippen LogP contribution < -0.4 is 0 Å². The van der Waals surface area contributed by atoms with Crippen molar-refractivity contribution in [1.29, 1.82) is 0 Å². The topological polar surface area (TPSA) is 55.0 Å². The van der Waals surface area contributed by atoms with Crippen LogP contribution >= 0.6 is 0 Å². The van der Waals surface area contributed by atoms with Gasteiger partial charge in [-0.25, -0.2) is 4.98 Å². The van der Waals surface area contributed by atoms with Crippen LogP contribution in [0, 0.1) is 0 Å². The Hall–Kier alpha value is -2.10. The molecule has 0 radical (unpaired) electrons. The van der Waals surface area contributed by atoms with E-state index in [0.717, 1.165) is 16.8 Å². The average Bonchev–Trinajstić information content (AvgIpc) is 2.80. The number of ether oxygens (including phenoxy) is 1. The van der Waals surface area contributed by atoms with Crippen LogP contribution in [0.25, 0.3) is 11.3 Å². The van der Waals surface area contributed by atoms with Crippen LogP contribution in [0.5, 0.6) is 0 Å². The number of esters is 1. The van der Waals surface area contributed by atoms with E-state index in [9.17, 15) is 4.79 Å². The van der Waals surface area contributed by atoms with E-state index in [1.807, 2.05) is 45.0 Å². The van der Waals surface area contributed by atoms with Crippen molar-refractivity contribution in [2.45, 2.75) is 32.8 Å². The van der Waals surface area contributed by atoms with Crippen LogP contribution in [0.1, 0.15) is 26.3 Å². The first kappa shape index (κ1) is 13.3. The maximum atomic E-state index is 11.9. The zero-order chi connectivity index (χ0) is 13.9. The molecule has 0 spiro atoms. The Bertz CT molecular complexity index is 554. The summed E-state index contributed by atoms with van der Waals surface area (Å²) in [5.74, 6) is -0.223. The third kappa shape index (κ3) is 3.68. The highest BCUT2D eigenvalue weighted by Gasteiger charge is 2.18. The fourth-order valence-corrected chi connectivity index (χ4v) is 1.87. The molecule has 0 saturated carbocycles. The van der Waals surface area contributed by atoms with E-state index in [-0.39, 0.29) is 12.4 Å². The molecular formula is C15H18N2O2. The molecule has 2 rings (SSSR count). The third-order valence-corrected chi connectivity index (χ3v) is 2.56. The Morgan fingerprint density at radius 3 is 2.68 bits per heavy atom. The van der Waals surface area contributed by atoms with Gasteiger partial charge in [-0.05, 0) is 26.3 Å². The van der Waals surface area contributed by atoms with Crippen LogP contribution in [0.15, 0.2) is 36.8 Å². The van der Waals surface area contributed by atoms with E-state index in [4.69, 9.17) is 4.74 Å². The van der Waals surface area contributed by atoms with Gasteiger partial charge in [-0.2, -0.15) is 0 Å². The smallest absolute Gasteiger partial charge is 0.310 e. The molecule has 0 saturated heterocycles. The molecule has 0 aliphatic carbocycles. The summed E-state index contributed by atoms with van der Waals surface area (Å²) in [6.07, 6.45) is 3.62. The van der Waals surface area contributed by atoms with Crippen molar-refractivity contribution >= 4 is 5.97 Å². The van der Waals surface area contributed by atoms with Crippen LogP contribution in [-0.2, 0) is 16.0 Å². The van der Waals surface area contributed by atoms with Crippen molar-refractivity contribution in [3.05, 3.63) is 42.4 Å². The van der Waals surface area contributed by atoms with Crippen molar-refractivity contribution in [3.63, 3.8) is 0 Å². The fourth-order valence-electron chi connectivity index (χ4n) is 1.87. The quantitative estimate of drug-likeness (QED) is 0.861. The molecule has 1 heterocycles. The lowest BCUT2D eigenvalue weighted by Gasteiger charge is -2.19. The third-order valence-electron chi connectivity index (χ3n) is 2.56. The van der Waals surface area contributed by atoms with Gasteiger partial charge >= 0.3 is 5.97 Å². The molecule has 4 heteroatoms. The molecular weight excluding hydrogens is 240 g/mol. The van der Waals surface area contributed by atoms with E-state index in [1.54, 1.807) is 12.5 Å². The highest BCUT2D eigenvalue weighted by Crippen LogP contribution is 2.22. The Balaban J connectivity index is 2.20. The van der Waals surface area contributed by atoms with Gasteiger partial charge in [0.2, 0.25) is 0 Å². The summed E-state index contributed by atoms with van der Waals surface area (Å²) < 4.78 is 5.35. The van der Waals surface area contributed by atoms with Crippen LogP contribution in [-0.4, -0.2) is 21.5 Å². The number of nitrogens with zero attached hydrogens (tertiary/aromatic N) is 1. The monoisotopic (exact) mass is 258 g/mol. The number of aromatic amines is 1. The van der Waals surface area contributed by atoms with E-state index >= 15 is 0 Å². The summed E-state index contributed by atoms with van der Waals surface area (Å²) in [4.78, 5) is 19.0. The minimum Gasteiger partial charge on any atom is -0.460 e. The lowest BCUT2D eigenvalue weighted by Crippen LogP contribution is -2.25. The van der Waals surface area contributed by atoms with E-state index in [1.165, 1.54) is 0 Å². The zero-order valence-corrected chi connectivity index (χ0v) is 11.4. The molecule has 0 fully saturated rings. The number of hydrogen-bond acceptors (Lipinski definition) is 3. The number of benzene rings is 1. The van der Waals surface area contributed by atoms with Gasteiger partial charge in [0.1, 0.15) is 5.60 Å². The molecule has 19 heavy (non-hydrogen) atoms. The number of rotatable bonds is 3. The lowest BCUT2D eigenvalue weighted by molar-refractivity contribution is -0.153. The van der Waals surface area contributed by atoms with Crippen molar-refractivity contribution in [2.24, 2.45) is 0 Å². The molecule has 1 aromatic heterocycles. The molecule has 100 valence electrons. The molecule has 0 atom stereocenters. The summed E-state index contributed by atoms with van der Waals surface area (Å²) >= 11 is 0. The molecule has 2 aromatic rings. The van der Waals surface area contributed by atoms with Gasteiger partial charge in [0, 0.05) is 5.56 Å². The second-order valence-corrected chi connectivity index (χ2v) is 5.39. The first-order valence-electron chi connectivity index (χ1n) is 6.24. The molecule has 0 aliphatic rings. The molecule has 1 aromatic carbocycles. The zero-order valence-electron chi connectivity index (χ0n) is 11.4. The molecule has 1 N–H and O–H groups in total. The molecule has 4 nitrogen and oxygen atoms in total. The van der Waals surface area contributed by atoms with Crippen LogP contribution in [0.3, 0.4) is 0 Å². The summed E-state index contributed by atoms with van der Waals surface area (Å²) in [6, 6.07) is 7.75. The number of carbonyl (C=O) groups is 1. The Labute approximate surface area is 112 Å². The first-order valence-corrected chi connectivity index (χ1v) is 6.24. The average molecular weight is 258 g/mol. The predicted octanol–water partition coefficient (Wildman–Crippen LogP) is 2.96. The highest BCUT2D eigenvalue weighted by molar-refractivity contribution is 5.77. The minimum atomic E-state index is -0.458. The van der Waals surface area contributed by atoms with Gasteiger partial charge in [-0.3, -0.25) is 4.79 Å². The van der Waals surface area contributed by atoms with E-state index in [2.05, 4.69) is 9.97 Å². The van der Waals surface area contributed by atoms with Gasteiger partial charge in [0.05, 0.1) is 24.6 Å². The summed E-state index contributed by atoms with van der Waals surface area (Å²) in [5.41, 5.74) is 2.35. The van der Waals surface area contributed by atoms with Gasteiger partial charge in [0.25, 0.3) is 0 Å². The van der Waals surface area contributed by atoms with Crippen molar-refractivity contribution in [3.8, 4) is 11.3 Å². The van der Waals surface area contributed by atoms with Gasteiger partial charge < -0.3 is 9.72 Å². The number of aromatic nitrogens is 2. The van der Waals surface area contributed by atoms with Crippen molar-refractivity contribution in [1.82, 2.24) is 9.97 Å². The van der Waals surface area contributed by atoms with Crippen LogP contribution in [0.2, 0.25) is 0 Å². The Morgan fingerprint density at radius 2 is 2.05 bits per heavy atom. The number of H-pyrrole nitrogens is 1. The first-order chi connectivity index (χ1) is 8.96. The number of imidazole rings is 1. The second-order valence-electron chi connectivity index (χ2n) is 5.39. The standard InChI is InChI=1S/C15H18N2O2/c1-15(2,3)19-14(18)8-11-6-4-5-7-12(11)13-9-16-10-17-13/h4-7,9-10H,8H2,1-3H3,(H,16,17). The molecule has 0 unspecified atom stereocenters. The molecule has 0 bridgehead atoms. The highest BCUT2D eigenvalue weighted by atomic mass is 16.6. The Morgan fingerprint density at radius 1 is 1.32 bits per heavy atom. The summed E-state index contributed by atoms with van der Waals surface area (Å²) in [6.45, 7) is 5.60. The van der Waals surface area contributed by atoms with E-state index < -0.39 is 5.60 Å². The number of nitrogens with one attached hydrogen (secondary N) is 1. The molecule has 0 aliphatic heterocycles. The SMILES string of the molecule is CC(C)(C)OC(=O)Cc1ccccc1-c1cnc[nH]1. The predicted molar refractivity (Wildman–Crippen MR) is 73.6 cm³/mol. The maximum Gasteiger partial charge on any atom is 0.310 e. The van der Waals surface area contributed by atoms with Crippen molar-refractivity contribution in [2.75, 3.05) is 0 Å². The molecule has 0 amide bonds. The fraction of sp³-hybridized carbons (Fsp3) is 0.333. The minimum absolute atomic E-state index is 0.223. The van der Waals surface area contributed by atoms with E-state index in [0.29, 0.717) is 0 Å². The Kier molecular flexibility index (Phi) is 3.69. The number of hydrogen-bond donors (Lipinski definition) is 1. The largest absolute Gasteiger partial charge is 0.460 e. The second kappa shape index (κ2) is 5.26. The van der Waals surface area contributed by atoms with Gasteiger partial charge in [0.15, 0.2) is 0 Å². The normalized spacial score (nSPS) is 11.3. The lowest BCUT2D eigenvalue weighted by atomic mass is 10.0. The maximum absolute atomic E-state index is 11.9. The van der Waals surface area contributed by atoms with Gasteiger partial charge in [-0.1, -0.05) is 24.3 Å². The summed E-state index contributed by atoms with van der Waals surface area (Å²) in [7, 11) is 0. The van der Waals surface area contributed by atoms with Crippen molar-refractivity contribution < 1.29 is 9.53 Å². The van der Waals surface area contributed by atoms with Crippen LogP contribution in [0.4, 0.5) is 0 Å². The number of carbonyl (C=O) groups excluding carboxylic acids is 1. The summed E-state index contributed by atoms with van der Waals surface area (Å²) in [5, 5.41) is 0. The van der Waals surface area contributed by atoms with Gasteiger partial charge in [-0.15, -0.1) is 0 Å².